The number of hydrogen-bond donors (Lipinski definition) is 2. The Hall–Kier alpha value is -4.14. The van der Waals surface area contributed by atoms with Crippen LogP contribution in [0.4, 0.5) is 10.8 Å². The number of nitriles is 1. The van der Waals surface area contributed by atoms with E-state index in [-0.39, 0.29) is 5.69 Å². The molecule has 0 aliphatic heterocycles. The van der Waals surface area contributed by atoms with Gasteiger partial charge in [-0.2, -0.15) is 10.4 Å². The van der Waals surface area contributed by atoms with E-state index in [4.69, 9.17) is 4.98 Å². The number of imidazole rings is 1. The van der Waals surface area contributed by atoms with Crippen molar-refractivity contribution in [2.45, 2.75) is 26.9 Å². The maximum Gasteiger partial charge on any atom is 0.210 e. The van der Waals surface area contributed by atoms with E-state index in [2.05, 4.69) is 25.6 Å². The molecule has 0 bridgehead atoms. The second-order valence-corrected chi connectivity index (χ2v) is 8.70. The van der Waals surface area contributed by atoms with Gasteiger partial charge in [-0.15, -0.1) is 10.2 Å². The summed E-state index contributed by atoms with van der Waals surface area (Å²) in [6.45, 7) is 5.42. The van der Waals surface area contributed by atoms with E-state index in [1.807, 2.05) is 54.8 Å². The van der Waals surface area contributed by atoms with Crippen molar-refractivity contribution in [3.8, 4) is 17.7 Å². The first-order valence-corrected chi connectivity index (χ1v) is 11.0. The minimum atomic E-state index is -0.757. The fourth-order valence-electron chi connectivity index (χ4n) is 3.57. The number of hydrogen-bond acceptors (Lipinski definition) is 9. The summed E-state index contributed by atoms with van der Waals surface area (Å²) >= 11 is 1.48. The Morgan fingerprint density at radius 3 is 2.70 bits per heavy atom. The first-order valence-electron chi connectivity index (χ1n) is 10.1. The van der Waals surface area contributed by atoms with Crippen LogP contribution in [0.2, 0.25) is 0 Å². The molecule has 1 atom stereocenters. The zero-order valence-corrected chi connectivity index (χ0v) is 18.9. The Bertz CT molecular complexity index is 1520. The van der Waals surface area contributed by atoms with E-state index in [0.29, 0.717) is 17.2 Å². The lowest BCUT2D eigenvalue weighted by Gasteiger charge is -2.14. The number of aliphatic hydroxyl groups excluding tert-OH is 1. The molecule has 0 radical (unpaired) electrons. The largest absolute Gasteiger partial charge is 0.389 e. The smallest absolute Gasteiger partial charge is 0.210 e. The number of nitrogens with zero attached hydrogens (tertiary/aromatic N) is 8. The molecule has 0 amide bonds. The van der Waals surface area contributed by atoms with Crippen LogP contribution < -0.4 is 5.32 Å². The minimum Gasteiger partial charge on any atom is -0.389 e. The summed E-state index contributed by atoms with van der Waals surface area (Å²) in [5.41, 5.74) is 4.15. The van der Waals surface area contributed by atoms with Gasteiger partial charge in [0.25, 0.3) is 0 Å². The summed E-state index contributed by atoms with van der Waals surface area (Å²) in [5.74, 6) is 1.08. The molecule has 0 aliphatic rings. The lowest BCUT2D eigenvalue weighted by atomic mass is 10.1. The van der Waals surface area contributed by atoms with Crippen molar-refractivity contribution in [1.82, 2.24) is 34.5 Å². The van der Waals surface area contributed by atoms with Crippen LogP contribution in [0.5, 0.6) is 0 Å². The van der Waals surface area contributed by atoms with Crippen LogP contribution in [-0.2, 0) is 0 Å². The Labute approximate surface area is 192 Å². The van der Waals surface area contributed by atoms with Gasteiger partial charge in [0.1, 0.15) is 23.2 Å². The minimum absolute atomic E-state index is 0.287. The second kappa shape index (κ2) is 8.09. The number of nitrogens with one attached hydrogen (secondary N) is 1. The highest BCUT2D eigenvalue weighted by Crippen LogP contribution is 2.27. The molecule has 4 heterocycles. The highest BCUT2D eigenvalue weighted by molar-refractivity contribution is 7.15. The fraction of sp³-hybridized carbons (Fsp3) is 0.182. The number of aromatic nitrogens is 7. The molecule has 1 aromatic carbocycles. The lowest BCUT2D eigenvalue weighted by molar-refractivity contribution is 0.198. The van der Waals surface area contributed by atoms with Crippen LogP contribution >= 0.6 is 11.3 Å². The van der Waals surface area contributed by atoms with Gasteiger partial charge in [0.2, 0.25) is 5.13 Å². The number of anilines is 2. The summed E-state index contributed by atoms with van der Waals surface area (Å²) < 4.78 is 3.45. The highest BCUT2D eigenvalue weighted by atomic mass is 32.1. The first kappa shape index (κ1) is 20.7. The summed E-state index contributed by atoms with van der Waals surface area (Å²) in [7, 11) is 0. The third kappa shape index (κ3) is 3.82. The number of pyridine rings is 1. The van der Waals surface area contributed by atoms with Crippen molar-refractivity contribution in [1.29, 1.82) is 5.26 Å². The van der Waals surface area contributed by atoms with Crippen molar-refractivity contribution in [2.75, 3.05) is 5.32 Å². The van der Waals surface area contributed by atoms with Crippen LogP contribution in [0, 0.1) is 25.2 Å². The van der Waals surface area contributed by atoms with Crippen LogP contribution in [0.25, 0.3) is 22.7 Å². The van der Waals surface area contributed by atoms with Gasteiger partial charge in [0.15, 0.2) is 11.5 Å². The van der Waals surface area contributed by atoms with E-state index < -0.39 is 6.10 Å². The molecule has 0 spiro atoms. The Morgan fingerprint density at radius 2 is 2.00 bits per heavy atom. The maximum atomic E-state index is 10.3. The monoisotopic (exact) mass is 457 g/mol. The Morgan fingerprint density at radius 1 is 1.15 bits per heavy atom. The van der Waals surface area contributed by atoms with E-state index in [9.17, 15) is 10.4 Å². The molecule has 33 heavy (non-hydrogen) atoms. The molecule has 10 nitrogen and oxygen atoms in total. The van der Waals surface area contributed by atoms with Gasteiger partial charge in [-0.1, -0.05) is 11.3 Å². The van der Waals surface area contributed by atoms with Crippen LogP contribution in [0.15, 0.2) is 42.7 Å². The quantitative estimate of drug-likeness (QED) is 0.408. The molecule has 4 aromatic heterocycles. The summed E-state index contributed by atoms with van der Waals surface area (Å²) in [6.07, 6.45) is 0.946. The standard InChI is InChI=1S/C22H19N9OS/c1-12-8-16(10-23)29-31(12)21-17(13(2)32)5-7-20(26-21)30-11-24-18-9-15(4-6-19(18)30)25-22-28-27-14(3)33-22/h4-9,11,13,32H,1-3H3,(H,25,28). The van der Waals surface area contributed by atoms with Crippen molar-refractivity contribution in [3.63, 3.8) is 0 Å². The van der Waals surface area contributed by atoms with Gasteiger partial charge < -0.3 is 10.4 Å². The zero-order chi connectivity index (χ0) is 23.1. The second-order valence-electron chi connectivity index (χ2n) is 7.52. The number of benzene rings is 1. The normalized spacial score (nSPS) is 12.1. The zero-order valence-electron chi connectivity index (χ0n) is 18.1. The predicted molar refractivity (Wildman–Crippen MR) is 124 cm³/mol. The summed E-state index contributed by atoms with van der Waals surface area (Å²) in [5, 5.41) is 36.8. The highest BCUT2D eigenvalue weighted by Gasteiger charge is 2.17. The number of fused-ring (bicyclic) bond motifs is 1. The third-order valence-electron chi connectivity index (χ3n) is 5.11. The molecule has 11 heteroatoms. The Kier molecular flexibility index (Phi) is 5.08. The van der Waals surface area contributed by atoms with Gasteiger partial charge in [0.05, 0.1) is 17.1 Å². The fourth-order valence-corrected chi connectivity index (χ4v) is 4.18. The average Bonchev–Trinajstić information content (AvgIpc) is 3.51. The molecule has 0 fully saturated rings. The summed E-state index contributed by atoms with van der Waals surface area (Å²) in [6, 6.07) is 13.2. The predicted octanol–water partition coefficient (Wildman–Crippen LogP) is 3.74. The molecule has 2 N–H and O–H groups in total. The molecule has 0 saturated heterocycles. The SMILES string of the molecule is Cc1nnc(Nc2ccc3c(c2)ncn3-c2ccc(C(C)O)c(-n3nc(C#N)cc3C)n2)s1. The molecule has 0 saturated carbocycles. The number of aryl methyl sites for hydroxylation is 2. The van der Waals surface area contributed by atoms with E-state index in [1.165, 1.54) is 11.3 Å². The number of rotatable bonds is 5. The van der Waals surface area contributed by atoms with Crippen LogP contribution in [-0.4, -0.2) is 39.6 Å². The van der Waals surface area contributed by atoms with Gasteiger partial charge >= 0.3 is 0 Å². The molecule has 5 aromatic rings. The van der Waals surface area contributed by atoms with Gasteiger partial charge in [0, 0.05) is 16.9 Å². The molecular weight excluding hydrogens is 438 g/mol. The lowest BCUT2D eigenvalue weighted by Crippen LogP contribution is -2.10. The maximum absolute atomic E-state index is 10.3. The van der Waals surface area contributed by atoms with Crippen molar-refractivity contribution >= 4 is 33.2 Å². The number of aliphatic hydroxyl groups is 1. The molecule has 1 unspecified atom stereocenters. The topological polar surface area (TPSA) is 130 Å². The molecule has 5 rings (SSSR count). The van der Waals surface area contributed by atoms with Gasteiger partial charge in [-0.05, 0) is 57.2 Å². The average molecular weight is 458 g/mol. The van der Waals surface area contributed by atoms with E-state index in [0.717, 1.165) is 32.6 Å². The van der Waals surface area contributed by atoms with Gasteiger partial charge in [-0.3, -0.25) is 4.57 Å². The van der Waals surface area contributed by atoms with Crippen LogP contribution in [0.3, 0.4) is 0 Å². The Balaban J connectivity index is 1.57. The molecule has 164 valence electrons. The molecular formula is C22H19N9OS. The van der Waals surface area contributed by atoms with E-state index >= 15 is 0 Å². The first-order chi connectivity index (χ1) is 15.9. The molecule has 0 aliphatic carbocycles. The van der Waals surface area contributed by atoms with Crippen molar-refractivity contribution in [3.05, 3.63) is 64.7 Å². The van der Waals surface area contributed by atoms with Gasteiger partial charge in [-0.25, -0.2) is 14.6 Å². The summed E-state index contributed by atoms with van der Waals surface area (Å²) in [4.78, 5) is 9.31. The van der Waals surface area contributed by atoms with E-state index in [1.54, 1.807) is 24.0 Å². The third-order valence-corrected chi connectivity index (χ3v) is 5.87. The van der Waals surface area contributed by atoms with Crippen LogP contribution in [0.1, 0.15) is 35.0 Å². The van der Waals surface area contributed by atoms with Crippen molar-refractivity contribution < 1.29 is 5.11 Å². The van der Waals surface area contributed by atoms with Crippen molar-refractivity contribution in [2.24, 2.45) is 0 Å².